The van der Waals surface area contributed by atoms with Gasteiger partial charge in [0.15, 0.2) is 0 Å². The Hall–Kier alpha value is -2.51. The summed E-state index contributed by atoms with van der Waals surface area (Å²) in [6.45, 7) is 3.84. The standard InChI is InChI=1S/C24H34N4O6S2/c1-24(2,12-18(25)20(29)14-26-36(32,33)22-9-6-10-35-22)13-21(30)28-15-17(27-23(31)34-3)11-16-7-4-5-8-19(16)28/h4-10,17-18,20,26,29H,11-15,25H2,1-3H3,(H,27,31)/t17?,18-,20-/m0/s1. The van der Waals surface area contributed by atoms with E-state index in [0.717, 1.165) is 22.6 Å². The molecule has 0 fully saturated rings. The molecule has 198 valence electrons. The minimum Gasteiger partial charge on any atom is -0.453 e. The fraction of sp³-hybridized carbons (Fsp3) is 0.500. The van der Waals surface area contributed by atoms with E-state index in [1.807, 2.05) is 38.1 Å². The van der Waals surface area contributed by atoms with Gasteiger partial charge in [0, 0.05) is 31.2 Å². The molecule has 3 atom stereocenters. The van der Waals surface area contributed by atoms with E-state index in [2.05, 4.69) is 10.0 Å². The lowest BCUT2D eigenvalue weighted by molar-refractivity contribution is -0.120. The summed E-state index contributed by atoms with van der Waals surface area (Å²) >= 11 is 1.08. The molecule has 3 rings (SSSR count). The number of nitrogens with one attached hydrogen (secondary N) is 2. The van der Waals surface area contributed by atoms with Crippen LogP contribution in [0.25, 0.3) is 0 Å². The molecular weight excluding hydrogens is 504 g/mol. The molecule has 0 saturated heterocycles. The van der Waals surface area contributed by atoms with Crippen molar-refractivity contribution in [3.8, 4) is 0 Å². The molecule has 1 aromatic carbocycles. The fourth-order valence-electron chi connectivity index (χ4n) is 4.34. The normalized spacial score (nSPS) is 17.7. The second-order valence-corrected chi connectivity index (χ2v) is 12.7. The maximum Gasteiger partial charge on any atom is 0.407 e. The van der Waals surface area contributed by atoms with Crippen molar-refractivity contribution >= 4 is 39.0 Å². The molecule has 1 unspecified atom stereocenters. The van der Waals surface area contributed by atoms with Crippen LogP contribution < -0.4 is 20.7 Å². The predicted molar refractivity (Wildman–Crippen MR) is 138 cm³/mol. The van der Waals surface area contributed by atoms with Gasteiger partial charge < -0.3 is 25.8 Å². The number of methoxy groups -OCH3 is 1. The number of benzene rings is 1. The average Bonchev–Trinajstić information content (AvgIpc) is 3.37. The Balaban J connectivity index is 1.61. The molecule has 10 nitrogen and oxygen atoms in total. The van der Waals surface area contributed by atoms with Crippen molar-refractivity contribution < 1.29 is 27.9 Å². The molecule has 1 aliphatic heterocycles. The first-order valence-corrected chi connectivity index (χ1v) is 14.0. The highest BCUT2D eigenvalue weighted by Gasteiger charge is 2.34. The van der Waals surface area contributed by atoms with E-state index in [0.29, 0.717) is 19.4 Å². The highest BCUT2D eigenvalue weighted by atomic mass is 32.2. The van der Waals surface area contributed by atoms with Gasteiger partial charge >= 0.3 is 6.09 Å². The smallest absolute Gasteiger partial charge is 0.407 e. The number of aliphatic hydroxyl groups excluding tert-OH is 1. The summed E-state index contributed by atoms with van der Waals surface area (Å²) in [5, 5.41) is 14.9. The lowest BCUT2D eigenvalue weighted by Gasteiger charge is -2.37. The van der Waals surface area contributed by atoms with Crippen LogP contribution in [0.4, 0.5) is 10.5 Å². The maximum absolute atomic E-state index is 13.4. The lowest BCUT2D eigenvalue weighted by atomic mass is 9.80. The van der Waals surface area contributed by atoms with Gasteiger partial charge in [0.05, 0.1) is 19.3 Å². The number of hydrogen-bond donors (Lipinski definition) is 4. The summed E-state index contributed by atoms with van der Waals surface area (Å²) in [6.07, 6.45) is -0.662. The third-order valence-corrected chi connectivity index (χ3v) is 8.94. The van der Waals surface area contributed by atoms with Gasteiger partial charge in [-0.2, -0.15) is 0 Å². The average molecular weight is 539 g/mol. The number of aliphatic hydroxyl groups is 1. The van der Waals surface area contributed by atoms with E-state index >= 15 is 0 Å². The first-order valence-electron chi connectivity index (χ1n) is 11.6. The SMILES string of the molecule is COC(=O)NC1Cc2ccccc2N(C(=O)CC(C)(C)C[C@H](N)[C@@H](O)CNS(=O)(=O)c2cccs2)C1. The van der Waals surface area contributed by atoms with E-state index in [-0.39, 0.29) is 29.1 Å². The summed E-state index contributed by atoms with van der Waals surface area (Å²) in [4.78, 5) is 26.8. The van der Waals surface area contributed by atoms with Gasteiger partial charge in [-0.15, -0.1) is 11.3 Å². The van der Waals surface area contributed by atoms with Crippen molar-refractivity contribution in [1.82, 2.24) is 10.0 Å². The highest BCUT2D eigenvalue weighted by Crippen LogP contribution is 2.32. The molecule has 0 spiro atoms. The minimum atomic E-state index is -3.71. The lowest BCUT2D eigenvalue weighted by Crippen LogP contribution is -2.51. The second kappa shape index (κ2) is 11.7. The van der Waals surface area contributed by atoms with E-state index in [1.165, 1.54) is 13.2 Å². The predicted octanol–water partition coefficient (Wildman–Crippen LogP) is 1.83. The number of thiophene rings is 1. The first-order chi connectivity index (χ1) is 16.9. The van der Waals surface area contributed by atoms with Crippen LogP contribution in [-0.2, 0) is 26.0 Å². The Morgan fingerprint density at radius 3 is 2.67 bits per heavy atom. The Kier molecular flexibility index (Phi) is 9.12. The summed E-state index contributed by atoms with van der Waals surface area (Å²) in [5.41, 5.74) is 7.37. The second-order valence-electron chi connectivity index (χ2n) is 9.73. The zero-order valence-corrected chi connectivity index (χ0v) is 22.3. The van der Waals surface area contributed by atoms with Gasteiger partial charge in [0.1, 0.15) is 4.21 Å². The van der Waals surface area contributed by atoms with Gasteiger partial charge in [0.2, 0.25) is 15.9 Å². The Labute approximate surface area is 215 Å². The number of rotatable bonds is 10. The third kappa shape index (κ3) is 7.26. The number of anilines is 1. The van der Waals surface area contributed by atoms with Crippen LogP contribution in [0.3, 0.4) is 0 Å². The number of sulfonamides is 1. The molecule has 5 N–H and O–H groups in total. The molecule has 1 aliphatic rings. The number of carbonyl (C=O) groups is 2. The van der Waals surface area contributed by atoms with Crippen LogP contribution in [0.2, 0.25) is 0 Å². The van der Waals surface area contributed by atoms with Crippen LogP contribution in [-0.4, -0.2) is 63.9 Å². The molecule has 0 saturated carbocycles. The largest absolute Gasteiger partial charge is 0.453 e. The number of fused-ring (bicyclic) bond motifs is 1. The van der Waals surface area contributed by atoms with Crippen molar-refractivity contribution in [3.05, 3.63) is 47.3 Å². The van der Waals surface area contributed by atoms with Gasteiger partial charge in [-0.3, -0.25) is 4.79 Å². The van der Waals surface area contributed by atoms with Gasteiger partial charge in [0.25, 0.3) is 0 Å². The molecule has 1 aromatic heterocycles. The van der Waals surface area contributed by atoms with E-state index in [4.69, 9.17) is 10.5 Å². The zero-order valence-electron chi connectivity index (χ0n) is 20.6. The fourth-order valence-corrected chi connectivity index (χ4v) is 6.43. The Morgan fingerprint density at radius 2 is 2.00 bits per heavy atom. The van der Waals surface area contributed by atoms with Crippen molar-refractivity contribution in [2.75, 3.05) is 25.1 Å². The van der Waals surface area contributed by atoms with Crippen LogP contribution >= 0.6 is 11.3 Å². The zero-order chi connectivity index (χ0) is 26.5. The van der Waals surface area contributed by atoms with Gasteiger partial charge in [-0.1, -0.05) is 38.1 Å². The van der Waals surface area contributed by atoms with E-state index in [1.54, 1.807) is 16.3 Å². The van der Waals surface area contributed by atoms with E-state index in [9.17, 15) is 23.1 Å². The summed E-state index contributed by atoms with van der Waals surface area (Å²) < 4.78 is 31.9. The Bertz CT molecular complexity index is 1150. The number of para-hydroxylation sites is 1. The number of hydrogen-bond acceptors (Lipinski definition) is 8. The molecule has 2 heterocycles. The molecule has 2 amide bonds. The number of nitrogens with two attached hydrogens (primary N) is 1. The van der Waals surface area contributed by atoms with E-state index < -0.39 is 33.7 Å². The van der Waals surface area contributed by atoms with Gasteiger partial charge in [-0.25, -0.2) is 17.9 Å². The summed E-state index contributed by atoms with van der Waals surface area (Å²) in [7, 11) is -2.42. The number of carbonyl (C=O) groups excluding carboxylic acids is 2. The first kappa shape index (κ1) is 28.1. The summed E-state index contributed by atoms with van der Waals surface area (Å²) in [6, 6.07) is 9.63. The quantitative estimate of drug-likeness (QED) is 0.360. The molecule has 36 heavy (non-hydrogen) atoms. The van der Waals surface area contributed by atoms with Crippen LogP contribution in [0.5, 0.6) is 0 Å². The molecule has 0 bridgehead atoms. The minimum absolute atomic E-state index is 0.135. The number of alkyl carbamates (subject to hydrolysis) is 1. The van der Waals surface area contributed by atoms with Crippen LogP contribution in [0.1, 0.15) is 32.3 Å². The monoisotopic (exact) mass is 538 g/mol. The van der Waals surface area contributed by atoms with Crippen molar-refractivity contribution in [2.24, 2.45) is 11.1 Å². The molecule has 12 heteroatoms. The number of nitrogens with zero attached hydrogens (tertiary/aromatic N) is 1. The third-order valence-electron chi connectivity index (χ3n) is 6.11. The van der Waals surface area contributed by atoms with Crippen LogP contribution in [0, 0.1) is 5.41 Å². The Morgan fingerprint density at radius 1 is 1.28 bits per heavy atom. The van der Waals surface area contributed by atoms with Crippen molar-refractivity contribution in [1.29, 1.82) is 0 Å². The molecule has 0 aliphatic carbocycles. The molecule has 0 radical (unpaired) electrons. The summed E-state index contributed by atoms with van der Waals surface area (Å²) in [5.74, 6) is -0.135. The highest BCUT2D eigenvalue weighted by molar-refractivity contribution is 7.91. The number of ether oxygens (including phenoxy) is 1. The molecule has 2 aromatic rings. The van der Waals surface area contributed by atoms with Crippen LogP contribution in [0.15, 0.2) is 46.0 Å². The maximum atomic E-state index is 13.4. The van der Waals surface area contributed by atoms with Crippen molar-refractivity contribution in [3.63, 3.8) is 0 Å². The van der Waals surface area contributed by atoms with Crippen molar-refractivity contribution in [2.45, 2.75) is 55.5 Å². The van der Waals surface area contributed by atoms with Gasteiger partial charge in [-0.05, 0) is 41.3 Å². The molecular formula is C24H34N4O6S2. The number of amides is 2. The topological polar surface area (TPSA) is 151 Å².